The molecule has 1 aliphatic rings. The lowest BCUT2D eigenvalue weighted by molar-refractivity contribution is 0.0341. The number of aryl methyl sites for hydroxylation is 2. The molecule has 0 unspecified atom stereocenters. The van der Waals surface area contributed by atoms with Crippen molar-refractivity contribution in [2.45, 2.75) is 33.5 Å². The first kappa shape index (κ1) is 19.8. The van der Waals surface area contributed by atoms with E-state index in [1.807, 2.05) is 6.92 Å². The Bertz CT molecular complexity index is 767. The molecule has 2 N–H and O–H groups in total. The van der Waals surface area contributed by atoms with Gasteiger partial charge in [-0.3, -0.25) is 9.89 Å². The summed E-state index contributed by atoms with van der Waals surface area (Å²) in [5.41, 5.74) is 3.75. The van der Waals surface area contributed by atoms with Crippen molar-refractivity contribution in [3.8, 4) is 0 Å². The molecule has 3 rings (SSSR count). The van der Waals surface area contributed by atoms with Crippen LogP contribution in [-0.4, -0.2) is 49.2 Å². The Morgan fingerprint density at radius 2 is 1.85 bits per heavy atom. The highest BCUT2D eigenvalue weighted by molar-refractivity contribution is 7.11. The SMILES string of the molecule is CN=C(NCc1ccccc1CN1CCOCC1)NCc1sc(C)nc1C. The second kappa shape index (κ2) is 9.82. The van der Waals surface area contributed by atoms with Gasteiger partial charge in [0.2, 0.25) is 0 Å². The smallest absolute Gasteiger partial charge is 0.191 e. The number of nitrogens with one attached hydrogen (secondary N) is 2. The Balaban J connectivity index is 1.55. The average molecular weight is 388 g/mol. The Morgan fingerprint density at radius 1 is 1.15 bits per heavy atom. The van der Waals surface area contributed by atoms with E-state index in [9.17, 15) is 0 Å². The summed E-state index contributed by atoms with van der Waals surface area (Å²) in [4.78, 5) is 12.5. The molecule has 2 heterocycles. The normalized spacial score (nSPS) is 15.7. The molecule has 1 aliphatic heterocycles. The third-order valence-electron chi connectivity index (χ3n) is 4.70. The van der Waals surface area contributed by atoms with Crippen molar-refractivity contribution in [3.63, 3.8) is 0 Å². The van der Waals surface area contributed by atoms with Crippen LogP contribution in [0.5, 0.6) is 0 Å². The van der Waals surface area contributed by atoms with Gasteiger partial charge in [-0.15, -0.1) is 11.3 Å². The number of morpholine rings is 1. The highest BCUT2D eigenvalue weighted by atomic mass is 32.1. The molecule has 0 radical (unpaired) electrons. The fourth-order valence-electron chi connectivity index (χ4n) is 3.19. The summed E-state index contributed by atoms with van der Waals surface area (Å²) in [5, 5.41) is 7.93. The van der Waals surface area contributed by atoms with Gasteiger partial charge < -0.3 is 15.4 Å². The van der Waals surface area contributed by atoms with Crippen molar-refractivity contribution in [3.05, 3.63) is 51.0 Å². The molecule has 27 heavy (non-hydrogen) atoms. The monoisotopic (exact) mass is 387 g/mol. The van der Waals surface area contributed by atoms with Crippen molar-refractivity contribution in [2.24, 2.45) is 4.99 Å². The fourth-order valence-corrected chi connectivity index (χ4v) is 4.06. The van der Waals surface area contributed by atoms with Gasteiger partial charge in [-0.05, 0) is 25.0 Å². The first-order valence-electron chi connectivity index (χ1n) is 9.40. The predicted molar refractivity (Wildman–Crippen MR) is 111 cm³/mol. The fraction of sp³-hybridized carbons (Fsp3) is 0.500. The third kappa shape index (κ3) is 5.76. The Labute approximate surface area is 165 Å². The minimum Gasteiger partial charge on any atom is -0.379 e. The number of aromatic nitrogens is 1. The summed E-state index contributed by atoms with van der Waals surface area (Å²) >= 11 is 1.73. The van der Waals surface area contributed by atoms with Crippen LogP contribution in [0.4, 0.5) is 0 Å². The van der Waals surface area contributed by atoms with Crippen LogP contribution >= 0.6 is 11.3 Å². The van der Waals surface area contributed by atoms with Crippen LogP contribution in [0.2, 0.25) is 0 Å². The van der Waals surface area contributed by atoms with E-state index in [-0.39, 0.29) is 0 Å². The summed E-state index contributed by atoms with van der Waals surface area (Å²) in [6, 6.07) is 8.61. The van der Waals surface area contributed by atoms with Crippen LogP contribution in [-0.2, 0) is 24.4 Å². The van der Waals surface area contributed by atoms with Crippen molar-refractivity contribution < 1.29 is 4.74 Å². The maximum Gasteiger partial charge on any atom is 0.191 e. The molecule has 0 atom stereocenters. The van der Waals surface area contributed by atoms with Crippen molar-refractivity contribution in [2.75, 3.05) is 33.4 Å². The number of benzene rings is 1. The molecule has 0 bridgehead atoms. The van der Waals surface area contributed by atoms with E-state index in [1.54, 1.807) is 18.4 Å². The van der Waals surface area contributed by atoms with Crippen LogP contribution in [0.1, 0.15) is 26.7 Å². The summed E-state index contributed by atoms with van der Waals surface area (Å²) < 4.78 is 5.45. The van der Waals surface area contributed by atoms with Gasteiger partial charge in [0.1, 0.15) is 0 Å². The second-order valence-corrected chi connectivity index (χ2v) is 7.97. The van der Waals surface area contributed by atoms with Gasteiger partial charge in [0, 0.05) is 38.1 Å². The molecule has 1 fully saturated rings. The second-order valence-electron chi connectivity index (χ2n) is 6.68. The maximum atomic E-state index is 5.45. The van der Waals surface area contributed by atoms with E-state index in [2.05, 4.69) is 56.7 Å². The topological polar surface area (TPSA) is 61.8 Å². The van der Waals surface area contributed by atoms with Crippen molar-refractivity contribution in [1.82, 2.24) is 20.5 Å². The van der Waals surface area contributed by atoms with Crippen LogP contribution in [0, 0.1) is 13.8 Å². The van der Waals surface area contributed by atoms with E-state index >= 15 is 0 Å². The Hall–Kier alpha value is -1.96. The minimum atomic E-state index is 0.742. The molecule has 2 aromatic rings. The highest BCUT2D eigenvalue weighted by Gasteiger charge is 2.13. The molecule has 0 spiro atoms. The number of thiazole rings is 1. The van der Waals surface area contributed by atoms with Crippen LogP contribution in [0.25, 0.3) is 0 Å². The summed E-state index contributed by atoms with van der Waals surface area (Å²) in [7, 11) is 1.81. The third-order valence-corrected chi connectivity index (χ3v) is 5.77. The number of hydrogen-bond acceptors (Lipinski definition) is 5. The quantitative estimate of drug-likeness (QED) is 0.589. The van der Waals surface area contributed by atoms with Crippen LogP contribution in [0.3, 0.4) is 0 Å². The average Bonchev–Trinajstić information content (AvgIpc) is 3.01. The molecule has 1 aromatic heterocycles. The lowest BCUT2D eigenvalue weighted by atomic mass is 10.1. The number of nitrogens with zero attached hydrogens (tertiary/aromatic N) is 3. The van der Waals surface area contributed by atoms with Gasteiger partial charge in [0.25, 0.3) is 0 Å². The van der Waals surface area contributed by atoms with Crippen molar-refractivity contribution >= 4 is 17.3 Å². The van der Waals surface area contributed by atoms with E-state index in [0.717, 1.165) is 62.6 Å². The molecular weight excluding hydrogens is 358 g/mol. The largest absolute Gasteiger partial charge is 0.379 e. The molecule has 0 amide bonds. The molecule has 146 valence electrons. The first-order chi connectivity index (χ1) is 13.2. The van der Waals surface area contributed by atoms with E-state index in [1.165, 1.54) is 16.0 Å². The number of guanidine groups is 1. The first-order valence-corrected chi connectivity index (χ1v) is 10.2. The number of ether oxygens (including phenoxy) is 1. The number of hydrogen-bond donors (Lipinski definition) is 2. The van der Waals surface area contributed by atoms with E-state index in [4.69, 9.17) is 4.74 Å². The molecule has 0 saturated carbocycles. The molecule has 0 aliphatic carbocycles. The molecule has 6 nitrogen and oxygen atoms in total. The van der Waals surface area contributed by atoms with E-state index in [0.29, 0.717) is 0 Å². The Morgan fingerprint density at radius 3 is 2.52 bits per heavy atom. The summed E-state index contributed by atoms with van der Waals surface area (Å²) in [6.45, 7) is 10.2. The molecular formula is C20H29N5OS. The highest BCUT2D eigenvalue weighted by Crippen LogP contribution is 2.16. The van der Waals surface area contributed by atoms with E-state index < -0.39 is 0 Å². The zero-order valence-corrected chi connectivity index (χ0v) is 17.2. The summed E-state index contributed by atoms with van der Waals surface area (Å²) in [6.07, 6.45) is 0. The minimum absolute atomic E-state index is 0.742. The van der Waals surface area contributed by atoms with Gasteiger partial charge in [-0.2, -0.15) is 0 Å². The molecule has 7 heteroatoms. The zero-order valence-electron chi connectivity index (χ0n) is 16.4. The van der Waals surface area contributed by atoms with Crippen molar-refractivity contribution in [1.29, 1.82) is 0 Å². The molecule has 1 aromatic carbocycles. The van der Waals surface area contributed by atoms with Crippen LogP contribution < -0.4 is 10.6 Å². The van der Waals surface area contributed by atoms with Gasteiger partial charge in [0.15, 0.2) is 5.96 Å². The van der Waals surface area contributed by atoms with Gasteiger partial charge in [-0.1, -0.05) is 24.3 Å². The maximum absolute atomic E-state index is 5.45. The number of rotatable bonds is 6. The van der Waals surface area contributed by atoms with Gasteiger partial charge in [0.05, 0.1) is 30.5 Å². The van der Waals surface area contributed by atoms with Gasteiger partial charge >= 0.3 is 0 Å². The lowest BCUT2D eigenvalue weighted by Gasteiger charge is -2.27. The van der Waals surface area contributed by atoms with Gasteiger partial charge in [-0.25, -0.2) is 4.98 Å². The Kier molecular flexibility index (Phi) is 7.20. The lowest BCUT2D eigenvalue weighted by Crippen LogP contribution is -2.37. The predicted octanol–water partition coefficient (Wildman–Crippen LogP) is 2.46. The summed E-state index contributed by atoms with van der Waals surface area (Å²) in [5.74, 6) is 0.807. The number of aliphatic imine (C=N–C) groups is 1. The molecule has 1 saturated heterocycles. The standard InChI is InChI=1S/C20H29N5OS/c1-15-19(27-16(2)24-15)13-23-20(21-3)22-12-17-6-4-5-7-18(17)14-25-8-10-26-11-9-25/h4-7H,8-14H2,1-3H3,(H2,21,22,23). The van der Waals surface area contributed by atoms with Crippen LogP contribution in [0.15, 0.2) is 29.3 Å². The zero-order chi connectivity index (χ0) is 19.1.